The van der Waals surface area contributed by atoms with Crippen LogP contribution in [0.25, 0.3) is 0 Å². The zero-order valence-electron chi connectivity index (χ0n) is 19.6. The summed E-state index contributed by atoms with van der Waals surface area (Å²) in [5.74, 6) is -1.45. The second-order valence-electron chi connectivity index (χ2n) is 8.54. The molecular weight excluding hydrogens is 422 g/mol. The minimum atomic E-state index is -1.57. The van der Waals surface area contributed by atoms with E-state index in [0.717, 1.165) is 30.9 Å². The van der Waals surface area contributed by atoms with Crippen molar-refractivity contribution in [1.82, 2.24) is 5.32 Å². The lowest BCUT2D eigenvalue weighted by molar-refractivity contribution is -0.131. The van der Waals surface area contributed by atoms with E-state index in [1.165, 1.54) is 30.4 Å². The van der Waals surface area contributed by atoms with Gasteiger partial charge < -0.3 is 20.3 Å². The van der Waals surface area contributed by atoms with Gasteiger partial charge in [0.15, 0.2) is 6.10 Å². The molecule has 7 nitrogen and oxygen atoms in total. The van der Waals surface area contributed by atoms with Crippen molar-refractivity contribution in [3.05, 3.63) is 71.5 Å². The second-order valence-corrected chi connectivity index (χ2v) is 8.54. The summed E-state index contributed by atoms with van der Waals surface area (Å²) in [6.07, 6.45) is 15.4. The first-order chi connectivity index (χ1) is 15.6. The number of carboxylic acids is 1. The maximum atomic E-state index is 12.7. The molecule has 178 valence electrons. The number of allylic oxidation sites excluding steroid dienone is 7. The second kappa shape index (κ2) is 11.7. The summed E-state index contributed by atoms with van der Waals surface area (Å²) in [5, 5.41) is 22.1. The van der Waals surface area contributed by atoms with E-state index < -0.39 is 29.7 Å². The number of carbonyl (C=O) groups is 3. The molecular formula is C26H33NO6. The largest absolute Gasteiger partial charge is 0.478 e. The predicted octanol–water partition coefficient (Wildman–Crippen LogP) is 3.54. The Hall–Kier alpha value is -3.03. The number of hydrogen-bond acceptors (Lipinski definition) is 5. The average molecular weight is 456 g/mol. The van der Waals surface area contributed by atoms with Crippen LogP contribution in [0.4, 0.5) is 0 Å². The molecule has 4 atom stereocenters. The van der Waals surface area contributed by atoms with E-state index in [0.29, 0.717) is 11.5 Å². The monoisotopic (exact) mass is 455 g/mol. The molecule has 0 spiro atoms. The maximum Gasteiger partial charge on any atom is 0.328 e. The molecule has 3 N–H and O–H groups in total. The van der Waals surface area contributed by atoms with Crippen LogP contribution in [0, 0.1) is 5.92 Å². The van der Waals surface area contributed by atoms with Crippen molar-refractivity contribution in [2.75, 3.05) is 0 Å². The lowest BCUT2D eigenvalue weighted by Gasteiger charge is -2.23. The van der Waals surface area contributed by atoms with Gasteiger partial charge in [-0.15, -0.1) is 0 Å². The number of Topliss-reactive ketones (excluding diaryl/α,β-unsaturated/α-hetero) is 1. The number of unbranched alkanes of at least 4 members (excludes halogenated alkanes) is 1. The molecule has 0 aromatic rings. The Labute approximate surface area is 194 Å². The normalized spacial score (nSPS) is 26.6. The van der Waals surface area contributed by atoms with Crippen LogP contribution in [-0.4, -0.2) is 45.7 Å². The van der Waals surface area contributed by atoms with Crippen molar-refractivity contribution in [2.45, 2.75) is 64.8 Å². The molecule has 0 aromatic carbocycles. The Balaban J connectivity index is 2.09. The highest BCUT2D eigenvalue weighted by atomic mass is 16.6. The molecule has 0 saturated carbocycles. The van der Waals surface area contributed by atoms with Crippen molar-refractivity contribution in [2.24, 2.45) is 5.92 Å². The molecule has 7 heteroatoms. The highest BCUT2D eigenvalue weighted by molar-refractivity contribution is 6.07. The summed E-state index contributed by atoms with van der Waals surface area (Å²) in [7, 11) is 0. The molecule has 1 amide bonds. The number of epoxide rings is 1. The molecule has 0 radical (unpaired) electrons. The van der Waals surface area contributed by atoms with Crippen LogP contribution >= 0.6 is 0 Å². The molecule has 1 heterocycles. The minimum Gasteiger partial charge on any atom is -0.478 e. The zero-order valence-corrected chi connectivity index (χ0v) is 19.6. The Bertz CT molecular complexity index is 952. The van der Waals surface area contributed by atoms with Gasteiger partial charge in [0.25, 0.3) is 5.91 Å². The van der Waals surface area contributed by atoms with Crippen molar-refractivity contribution >= 4 is 17.7 Å². The van der Waals surface area contributed by atoms with Gasteiger partial charge in [-0.25, -0.2) is 4.79 Å². The van der Waals surface area contributed by atoms with E-state index in [1.54, 1.807) is 19.1 Å². The van der Waals surface area contributed by atoms with E-state index in [4.69, 9.17) is 9.84 Å². The Morgan fingerprint density at radius 3 is 2.61 bits per heavy atom. The third-order valence-corrected chi connectivity index (χ3v) is 5.39. The smallest absolute Gasteiger partial charge is 0.328 e. The number of rotatable bonds is 11. The lowest BCUT2D eigenvalue weighted by atomic mass is 9.88. The van der Waals surface area contributed by atoms with Crippen LogP contribution in [0.1, 0.15) is 47.0 Å². The third-order valence-electron chi connectivity index (χ3n) is 5.39. The van der Waals surface area contributed by atoms with Crippen LogP contribution < -0.4 is 5.32 Å². The zero-order chi connectivity index (χ0) is 24.6. The van der Waals surface area contributed by atoms with Gasteiger partial charge in [-0.2, -0.15) is 0 Å². The number of ether oxygens (including phenoxy) is 1. The van der Waals surface area contributed by atoms with Crippen molar-refractivity contribution in [3.8, 4) is 0 Å². The Morgan fingerprint density at radius 1 is 1.24 bits per heavy atom. The predicted molar refractivity (Wildman–Crippen MR) is 126 cm³/mol. The van der Waals surface area contributed by atoms with Gasteiger partial charge in [0.2, 0.25) is 5.78 Å². The molecule has 1 aliphatic carbocycles. The van der Waals surface area contributed by atoms with Gasteiger partial charge >= 0.3 is 5.97 Å². The number of fused-ring (bicyclic) bond motifs is 1. The number of hydrogen-bond donors (Lipinski definition) is 3. The van der Waals surface area contributed by atoms with Crippen LogP contribution in [0.5, 0.6) is 0 Å². The molecule has 1 aliphatic heterocycles. The van der Waals surface area contributed by atoms with Gasteiger partial charge in [-0.3, -0.25) is 9.59 Å². The Kier molecular flexibility index (Phi) is 9.32. The first-order valence-electron chi connectivity index (χ1n) is 11.2. The first kappa shape index (κ1) is 26.2. The van der Waals surface area contributed by atoms with Crippen molar-refractivity contribution in [1.29, 1.82) is 0 Å². The van der Waals surface area contributed by atoms with Crippen LogP contribution in [0.15, 0.2) is 71.5 Å². The third kappa shape index (κ3) is 7.80. The molecule has 2 aliphatic rings. The first-order valence-corrected chi connectivity index (χ1v) is 11.2. The summed E-state index contributed by atoms with van der Waals surface area (Å²) in [6.45, 7) is 7.91. The molecule has 0 bridgehead atoms. The van der Waals surface area contributed by atoms with Crippen LogP contribution in [0.3, 0.4) is 0 Å². The maximum absolute atomic E-state index is 12.7. The number of aliphatic hydroxyl groups is 1. The number of ketones is 1. The minimum absolute atomic E-state index is 0.00801. The number of amides is 1. The van der Waals surface area contributed by atoms with E-state index >= 15 is 0 Å². The summed E-state index contributed by atoms with van der Waals surface area (Å²) in [6, 6.07) is 0. The summed E-state index contributed by atoms with van der Waals surface area (Å²) in [5.41, 5.74) is -0.147. The van der Waals surface area contributed by atoms with E-state index in [9.17, 15) is 19.5 Å². The van der Waals surface area contributed by atoms with E-state index in [1.807, 2.05) is 6.92 Å². The number of nitrogens with one attached hydrogen (secondary N) is 1. The molecule has 4 unspecified atom stereocenters. The van der Waals surface area contributed by atoms with Gasteiger partial charge in [0.1, 0.15) is 11.7 Å². The molecule has 33 heavy (non-hydrogen) atoms. The van der Waals surface area contributed by atoms with Gasteiger partial charge in [-0.1, -0.05) is 68.7 Å². The highest BCUT2D eigenvalue weighted by Crippen LogP contribution is 2.40. The van der Waals surface area contributed by atoms with Crippen LogP contribution in [-0.2, 0) is 19.1 Å². The molecule has 0 aromatic heterocycles. The standard InChI is InChI=1S/C26H33NO6/c1-5-6-11-17(2)14-18(3)15-19(4)25(31)27-20-16-26(32,24-23(33-24)22(20)30)13-10-8-7-9-12-21(28)29/h7-10,12-17,23-24,32H,5-6,11H2,1-4H3,(H,27,31)(H,28,29)/b8-7+,12-9+,13-10+,18-14+,19-15+. The fourth-order valence-electron chi connectivity index (χ4n) is 3.65. The molecule has 1 saturated heterocycles. The Morgan fingerprint density at radius 2 is 1.94 bits per heavy atom. The number of carboxylic acid groups (broad SMARTS) is 1. The highest BCUT2D eigenvalue weighted by Gasteiger charge is 2.59. The molecule has 1 fully saturated rings. The van der Waals surface area contributed by atoms with Crippen LogP contribution in [0.2, 0.25) is 0 Å². The number of aliphatic carboxylic acids is 1. The fraction of sp³-hybridized carbons (Fsp3) is 0.423. The number of carbonyl (C=O) groups excluding carboxylic acids is 2. The molecule has 2 rings (SSSR count). The van der Waals surface area contributed by atoms with Gasteiger partial charge in [-0.05, 0) is 38.3 Å². The van der Waals surface area contributed by atoms with Crippen molar-refractivity contribution < 1.29 is 29.3 Å². The average Bonchev–Trinajstić information content (AvgIpc) is 3.55. The topological polar surface area (TPSA) is 116 Å². The summed E-state index contributed by atoms with van der Waals surface area (Å²) in [4.78, 5) is 35.6. The van der Waals surface area contributed by atoms with Gasteiger partial charge in [0.05, 0.1) is 5.70 Å². The van der Waals surface area contributed by atoms with E-state index in [2.05, 4.69) is 25.2 Å². The van der Waals surface area contributed by atoms with E-state index in [-0.39, 0.29) is 11.5 Å². The van der Waals surface area contributed by atoms with Crippen molar-refractivity contribution in [3.63, 3.8) is 0 Å². The SMILES string of the molecule is CCCCC(C)/C=C(C)/C=C(\C)C(=O)NC1=CC(O)(/C=C/C=C/C=C/C(=O)O)C2OC2C1=O. The quantitative estimate of drug-likeness (QED) is 0.249. The lowest BCUT2D eigenvalue weighted by Crippen LogP contribution is -2.42. The fourth-order valence-corrected chi connectivity index (χ4v) is 3.65. The summed E-state index contributed by atoms with van der Waals surface area (Å²) < 4.78 is 5.33. The summed E-state index contributed by atoms with van der Waals surface area (Å²) >= 11 is 0. The van der Waals surface area contributed by atoms with Gasteiger partial charge in [0, 0.05) is 11.6 Å².